The molecule has 0 aliphatic heterocycles. The fraction of sp³-hybridized carbons (Fsp3) is 1.00. The van der Waals surface area contributed by atoms with Crippen LogP contribution in [0.25, 0.3) is 0 Å². The van der Waals surface area contributed by atoms with Gasteiger partial charge in [0.1, 0.15) is 0 Å². The third-order valence-electron chi connectivity index (χ3n) is 2.80. The van der Waals surface area contributed by atoms with Crippen LogP contribution in [0, 0.1) is 5.41 Å². The zero-order valence-electron chi connectivity index (χ0n) is 8.08. The van der Waals surface area contributed by atoms with Gasteiger partial charge in [-0.1, -0.05) is 26.7 Å². The molecule has 78 valence electrons. The Labute approximate surface area is 79.6 Å². The van der Waals surface area contributed by atoms with Crippen LogP contribution in [0.1, 0.15) is 39.5 Å². The molecule has 1 aliphatic carbocycles. The van der Waals surface area contributed by atoms with Crippen LogP contribution in [0.3, 0.4) is 0 Å². The van der Waals surface area contributed by atoms with Crippen molar-refractivity contribution >= 4 is 10.3 Å². The molecule has 0 aromatic heterocycles. The summed E-state index contributed by atoms with van der Waals surface area (Å²) in [6, 6.07) is -0.128. The van der Waals surface area contributed by atoms with Crippen molar-refractivity contribution in [3.8, 4) is 0 Å². The molecule has 1 fully saturated rings. The zero-order valence-corrected chi connectivity index (χ0v) is 8.89. The predicted molar refractivity (Wildman–Crippen MR) is 50.7 cm³/mol. The van der Waals surface area contributed by atoms with Crippen molar-refractivity contribution in [2.45, 2.75) is 45.6 Å². The van der Waals surface area contributed by atoms with Gasteiger partial charge in [0.05, 0.1) is 0 Å². The Morgan fingerprint density at radius 1 is 1.38 bits per heavy atom. The van der Waals surface area contributed by atoms with Gasteiger partial charge in [-0.05, 0) is 18.3 Å². The standard InChI is InChI=1S/C8H17NO3S/c1-8(2)6-4-3-5-7(8)9-13(10,11)12/h7,9H,3-6H2,1-2H3,(H,10,11,12). The van der Waals surface area contributed by atoms with E-state index >= 15 is 0 Å². The van der Waals surface area contributed by atoms with E-state index in [9.17, 15) is 8.42 Å². The first kappa shape index (κ1) is 10.9. The van der Waals surface area contributed by atoms with Gasteiger partial charge in [0.15, 0.2) is 0 Å². The average molecular weight is 207 g/mol. The van der Waals surface area contributed by atoms with Crippen LogP contribution in [0.15, 0.2) is 0 Å². The Kier molecular flexibility index (Phi) is 2.99. The van der Waals surface area contributed by atoms with E-state index in [4.69, 9.17) is 4.55 Å². The first-order chi connectivity index (χ1) is 5.81. The summed E-state index contributed by atoms with van der Waals surface area (Å²) in [6.07, 6.45) is 3.97. The predicted octanol–water partition coefficient (Wildman–Crippen LogP) is 1.35. The maximum absolute atomic E-state index is 10.6. The van der Waals surface area contributed by atoms with E-state index in [1.807, 2.05) is 13.8 Å². The molecule has 0 amide bonds. The summed E-state index contributed by atoms with van der Waals surface area (Å²) < 4.78 is 32.2. The third kappa shape index (κ3) is 3.25. The molecule has 0 heterocycles. The van der Waals surface area contributed by atoms with E-state index in [2.05, 4.69) is 4.72 Å². The van der Waals surface area contributed by atoms with E-state index < -0.39 is 10.3 Å². The number of nitrogens with one attached hydrogen (secondary N) is 1. The number of hydrogen-bond acceptors (Lipinski definition) is 2. The second-order valence-electron chi connectivity index (χ2n) is 4.38. The molecule has 0 spiro atoms. The van der Waals surface area contributed by atoms with Crippen molar-refractivity contribution in [1.82, 2.24) is 4.72 Å². The highest BCUT2D eigenvalue weighted by atomic mass is 32.2. The topological polar surface area (TPSA) is 66.4 Å². The van der Waals surface area contributed by atoms with Crippen molar-refractivity contribution in [3.05, 3.63) is 0 Å². The summed E-state index contributed by atoms with van der Waals surface area (Å²) in [6.45, 7) is 4.05. The van der Waals surface area contributed by atoms with Gasteiger partial charge in [-0.15, -0.1) is 0 Å². The molecule has 2 N–H and O–H groups in total. The van der Waals surface area contributed by atoms with Crippen molar-refractivity contribution < 1.29 is 13.0 Å². The maximum Gasteiger partial charge on any atom is 0.333 e. The molecule has 1 rings (SSSR count). The van der Waals surface area contributed by atoms with E-state index in [-0.39, 0.29) is 11.5 Å². The molecule has 0 radical (unpaired) electrons. The first-order valence-corrected chi connectivity index (χ1v) is 6.00. The fourth-order valence-corrected chi connectivity index (χ4v) is 2.69. The van der Waals surface area contributed by atoms with Crippen LogP contribution in [-0.2, 0) is 10.3 Å². The molecule has 0 aromatic rings. The minimum atomic E-state index is -4.04. The Bertz CT molecular complexity index is 271. The Morgan fingerprint density at radius 2 is 2.00 bits per heavy atom. The van der Waals surface area contributed by atoms with Gasteiger partial charge < -0.3 is 0 Å². The van der Waals surface area contributed by atoms with Crippen LogP contribution in [0.5, 0.6) is 0 Å². The monoisotopic (exact) mass is 207 g/mol. The van der Waals surface area contributed by atoms with Gasteiger partial charge in [-0.25, -0.2) is 0 Å². The highest BCUT2D eigenvalue weighted by Gasteiger charge is 2.34. The van der Waals surface area contributed by atoms with E-state index in [1.54, 1.807) is 0 Å². The second-order valence-corrected chi connectivity index (χ2v) is 5.57. The number of rotatable bonds is 2. The third-order valence-corrected chi connectivity index (χ3v) is 3.38. The summed E-state index contributed by atoms with van der Waals surface area (Å²) >= 11 is 0. The van der Waals surface area contributed by atoms with Gasteiger partial charge >= 0.3 is 10.3 Å². The second kappa shape index (κ2) is 3.55. The summed E-state index contributed by atoms with van der Waals surface area (Å²) in [5.74, 6) is 0. The van der Waals surface area contributed by atoms with Crippen LogP contribution in [0.4, 0.5) is 0 Å². The lowest BCUT2D eigenvalue weighted by Crippen LogP contribution is -2.46. The van der Waals surface area contributed by atoms with Crippen molar-refractivity contribution in [3.63, 3.8) is 0 Å². The quantitative estimate of drug-likeness (QED) is 0.672. The molecule has 13 heavy (non-hydrogen) atoms. The molecule has 1 saturated carbocycles. The van der Waals surface area contributed by atoms with Crippen LogP contribution < -0.4 is 4.72 Å². The lowest BCUT2D eigenvalue weighted by atomic mass is 9.74. The minimum absolute atomic E-state index is 0.0476. The van der Waals surface area contributed by atoms with Crippen molar-refractivity contribution in [2.24, 2.45) is 5.41 Å². The van der Waals surface area contributed by atoms with Crippen LogP contribution in [0.2, 0.25) is 0 Å². The minimum Gasteiger partial charge on any atom is -0.273 e. The zero-order chi connectivity index (χ0) is 10.1. The SMILES string of the molecule is CC1(C)CCCCC1NS(=O)(=O)O. The van der Waals surface area contributed by atoms with Crippen LogP contribution >= 0.6 is 0 Å². The smallest absolute Gasteiger partial charge is 0.273 e. The molecule has 1 aliphatic rings. The molecule has 1 unspecified atom stereocenters. The maximum atomic E-state index is 10.6. The molecule has 5 heteroatoms. The highest BCUT2D eigenvalue weighted by Crippen LogP contribution is 2.35. The Hall–Kier alpha value is -0.130. The molecule has 4 nitrogen and oxygen atoms in total. The molecular formula is C8H17NO3S. The summed E-state index contributed by atoms with van der Waals surface area (Å²) in [4.78, 5) is 0. The van der Waals surface area contributed by atoms with Gasteiger partial charge in [0, 0.05) is 6.04 Å². The van der Waals surface area contributed by atoms with Crippen molar-refractivity contribution in [1.29, 1.82) is 0 Å². The van der Waals surface area contributed by atoms with E-state index in [0.29, 0.717) is 0 Å². The lowest BCUT2D eigenvalue weighted by molar-refractivity contribution is 0.185. The highest BCUT2D eigenvalue weighted by molar-refractivity contribution is 7.83. The molecule has 0 bridgehead atoms. The first-order valence-electron chi connectivity index (χ1n) is 4.56. The number of hydrogen-bond donors (Lipinski definition) is 2. The van der Waals surface area contributed by atoms with E-state index in [1.165, 1.54) is 0 Å². The molecular weight excluding hydrogens is 190 g/mol. The van der Waals surface area contributed by atoms with Gasteiger partial charge in [-0.2, -0.15) is 13.1 Å². The summed E-state index contributed by atoms with van der Waals surface area (Å²) in [7, 11) is -4.04. The van der Waals surface area contributed by atoms with Gasteiger partial charge in [0.25, 0.3) is 0 Å². The summed E-state index contributed by atoms with van der Waals surface area (Å²) in [5.41, 5.74) is -0.0476. The fourth-order valence-electron chi connectivity index (χ4n) is 1.89. The summed E-state index contributed by atoms with van der Waals surface area (Å²) in [5, 5.41) is 0. The van der Waals surface area contributed by atoms with Crippen molar-refractivity contribution in [2.75, 3.05) is 0 Å². The Balaban J connectivity index is 2.67. The largest absolute Gasteiger partial charge is 0.333 e. The Morgan fingerprint density at radius 3 is 2.46 bits per heavy atom. The normalized spacial score (nSPS) is 28.7. The molecule has 0 saturated heterocycles. The lowest BCUT2D eigenvalue weighted by Gasteiger charge is -2.38. The average Bonchev–Trinajstić information content (AvgIpc) is 1.91. The van der Waals surface area contributed by atoms with Gasteiger partial charge in [0.2, 0.25) is 0 Å². The van der Waals surface area contributed by atoms with Gasteiger partial charge in [-0.3, -0.25) is 4.55 Å². The molecule has 1 atom stereocenters. The van der Waals surface area contributed by atoms with E-state index in [0.717, 1.165) is 25.7 Å². The molecule has 0 aromatic carbocycles. The van der Waals surface area contributed by atoms with Crippen LogP contribution in [-0.4, -0.2) is 19.0 Å².